The first-order valence-electron chi connectivity index (χ1n) is 13.9. The van der Waals surface area contributed by atoms with Gasteiger partial charge in [0.05, 0.1) is 17.1 Å². The van der Waals surface area contributed by atoms with Gasteiger partial charge in [-0.05, 0) is 58.7 Å². The second kappa shape index (κ2) is 11.1. The molecular formula is C37H27N5. The number of nitrogens with zero attached hydrogens (tertiary/aromatic N) is 5. The van der Waals surface area contributed by atoms with E-state index in [-0.39, 0.29) is 0 Å². The molecule has 0 saturated heterocycles. The summed E-state index contributed by atoms with van der Waals surface area (Å²) in [5, 5.41) is 5.38. The fraction of sp³-hybridized carbons (Fsp3) is 0.0270. The lowest BCUT2D eigenvalue weighted by molar-refractivity contribution is 0.461. The predicted octanol–water partition coefficient (Wildman–Crippen LogP) is 7.91. The molecule has 0 spiro atoms. The molecule has 7 aromatic rings. The van der Waals surface area contributed by atoms with Crippen LogP contribution in [0.1, 0.15) is 16.7 Å². The number of benzene rings is 3. The molecule has 4 aromatic heterocycles. The molecule has 5 nitrogen and oxygen atoms in total. The molecule has 0 N–H and O–H groups in total. The highest BCUT2D eigenvalue weighted by Crippen LogP contribution is 2.43. The van der Waals surface area contributed by atoms with E-state index in [4.69, 9.17) is 10.1 Å². The van der Waals surface area contributed by atoms with Crippen LogP contribution in [0.25, 0.3) is 33.9 Å². The Hall–Kier alpha value is -5.68. The van der Waals surface area contributed by atoms with E-state index in [1.54, 1.807) is 6.20 Å². The summed E-state index contributed by atoms with van der Waals surface area (Å²) in [7, 11) is 0. The van der Waals surface area contributed by atoms with E-state index in [0.29, 0.717) is 0 Å². The SMILES string of the molecule is c1ccc(C(c2ccccc2)(c2ccccc2)n2cc(-c3ccnc(-c4ccccn4)c3)c(-c3ccccn3)n2)cc1. The molecule has 0 saturated carbocycles. The molecule has 0 radical (unpaired) electrons. The smallest absolute Gasteiger partial charge is 0.138 e. The molecule has 0 aliphatic carbocycles. The third kappa shape index (κ3) is 4.47. The van der Waals surface area contributed by atoms with Crippen LogP contribution in [0, 0.1) is 0 Å². The molecule has 0 aliphatic rings. The third-order valence-corrected chi connectivity index (χ3v) is 7.54. The zero-order valence-electron chi connectivity index (χ0n) is 22.8. The average molecular weight is 542 g/mol. The minimum absolute atomic E-state index is 0.748. The topological polar surface area (TPSA) is 56.5 Å². The highest BCUT2D eigenvalue weighted by Gasteiger charge is 2.40. The van der Waals surface area contributed by atoms with Gasteiger partial charge in [-0.2, -0.15) is 5.10 Å². The Balaban J connectivity index is 1.54. The first-order valence-corrected chi connectivity index (χ1v) is 13.9. The fourth-order valence-corrected chi connectivity index (χ4v) is 5.64. The molecule has 0 unspecified atom stereocenters. The Morgan fingerprint density at radius 1 is 0.452 bits per heavy atom. The Labute approximate surface area is 244 Å². The van der Waals surface area contributed by atoms with Gasteiger partial charge >= 0.3 is 0 Å². The van der Waals surface area contributed by atoms with E-state index in [0.717, 1.165) is 50.6 Å². The van der Waals surface area contributed by atoms with E-state index >= 15 is 0 Å². The quantitative estimate of drug-likeness (QED) is 0.192. The van der Waals surface area contributed by atoms with Crippen molar-refractivity contribution in [2.24, 2.45) is 0 Å². The fourth-order valence-electron chi connectivity index (χ4n) is 5.64. The summed E-state index contributed by atoms with van der Waals surface area (Å²) in [5.74, 6) is 0. The van der Waals surface area contributed by atoms with Crippen LogP contribution in [0.4, 0.5) is 0 Å². The Morgan fingerprint density at radius 3 is 1.48 bits per heavy atom. The second-order valence-electron chi connectivity index (χ2n) is 10.0. The highest BCUT2D eigenvalue weighted by molar-refractivity contribution is 5.80. The van der Waals surface area contributed by atoms with Crippen molar-refractivity contribution in [2.75, 3.05) is 0 Å². The van der Waals surface area contributed by atoms with Gasteiger partial charge in [-0.3, -0.25) is 19.6 Å². The average Bonchev–Trinajstić information content (AvgIpc) is 3.53. The van der Waals surface area contributed by atoms with E-state index < -0.39 is 5.54 Å². The minimum atomic E-state index is -0.748. The van der Waals surface area contributed by atoms with Gasteiger partial charge in [0.2, 0.25) is 0 Å². The first-order chi connectivity index (χ1) is 20.8. The van der Waals surface area contributed by atoms with Gasteiger partial charge in [-0.15, -0.1) is 0 Å². The molecular weight excluding hydrogens is 514 g/mol. The lowest BCUT2D eigenvalue weighted by Crippen LogP contribution is -2.38. The van der Waals surface area contributed by atoms with Crippen molar-refractivity contribution in [3.05, 3.63) is 181 Å². The Morgan fingerprint density at radius 2 is 0.952 bits per heavy atom. The van der Waals surface area contributed by atoms with Crippen LogP contribution in [0.5, 0.6) is 0 Å². The number of aromatic nitrogens is 5. The summed E-state index contributed by atoms with van der Waals surface area (Å²) in [6.45, 7) is 0. The monoisotopic (exact) mass is 541 g/mol. The van der Waals surface area contributed by atoms with Gasteiger partial charge < -0.3 is 0 Å². The van der Waals surface area contributed by atoms with Crippen molar-refractivity contribution >= 4 is 0 Å². The van der Waals surface area contributed by atoms with E-state index in [2.05, 4.69) is 99.7 Å². The maximum Gasteiger partial charge on any atom is 0.138 e. The summed E-state index contributed by atoms with van der Waals surface area (Å²) in [4.78, 5) is 13.9. The van der Waals surface area contributed by atoms with Crippen LogP contribution in [-0.4, -0.2) is 24.7 Å². The van der Waals surface area contributed by atoms with Gasteiger partial charge in [-0.1, -0.05) is 103 Å². The number of hydrogen-bond donors (Lipinski definition) is 0. The molecule has 5 heteroatoms. The van der Waals surface area contributed by atoms with Gasteiger partial charge in [0.1, 0.15) is 11.2 Å². The number of pyridine rings is 3. The Bertz CT molecular complexity index is 1810. The van der Waals surface area contributed by atoms with Crippen molar-refractivity contribution in [3.8, 4) is 33.9 Å². The van der Waals surface area contributed by atoms with Crippen LogP contribution >= 0.6 is 0 Å². The zero-order chi connectivity index (χ0) is 28.2. The molecule has 0 bridgehead atoms. The van der Waals surface area contributed by atoms with Crippen LogP contribution < -0.4 is 0 Å². The van der Waals surface area contributed by atoms with E-state index in [9.17, 15) is 0 Å². The molecule has 0 atom stereocenters. The molecule has 200 valence electrons. The van der Waals surface area contributed by atoms with Gasteiger partial charge in [0, 0.05) is 30.4 Å². The molecule has 3 aromatic carbocycles. The van der Waals surface area contributed by atoms with Gasteiger partial charge in [-0.25, -0.2) is 0 Å². The first kappa shape index (κ1) is 25.3. The zero-order valence-corrected chi connectivity index (χ0v) is 22.8. The van der Waals surface area contributed by atoms with Crippen LogP contribution in [0.3, 0.4) is 0 Å². The predicted molar refractivity (Wildman–Crippen MR) is 167 cm³/mol. The van der Waals surface area contributed by atoms with Crippen molar-refractivity contribution in [1.29, 1.82) is 0 Å². The van der Waals surface area contributed by atoms with Gasteiger partial charge in [0.25, 0.3) is 0 Å². The lowest BCUT2D eigenvalue weighted by Gasteiger charge is -2.36. The van der Waals surface area contributed by atoms with Crippen LogP contribution in [0.15, 0.2) is 164 Å². The van der Waals surface area contributed by atoms with E-state index in [1.165, 1.54) is 0 Å². The number of rotatable bonds is 7. The normalized spacial score (nSPS) is 11.3. The second-order valence-corrected chi connectivity index (χ2v) is 10.0. The largest absolute Gasteiger partial charge is 0.255 e. The highest BCUT2D eigenvalue weighted by atomic mass is 15.3. The van der Waals surface area contributed by atoms with Crippen LogP contribution in [-0.2, 0) is 5.54 Å². The molecule has 7 rings (SSSR count). The summed E-state index contributed by atoms with van der Waals surface area (Å²) in [6, 6.07) is 47.6. The van der Waals surface area contributed by atoms with Crippen molar-refractivity contribution < 1.29 is 0 Å². The van der Waals surface area contributed by atoms with Gasteiger partial charge in [0.15, 0.2) is 0 Å². The molecule has 0 amide bonds. The maximum absolute atomic E-state index is 5.38. The van der Waals surface area contributed by atoms with Crippen molar-refractivity contribution in [2.45, 2.75) is 5.54 Å². The molecule has 0 aliphatic heterocycles. The molecule has 42 heavy (non-hydrogen) atoms. The van der Waals surface area contributed by atoms with E-state index in [1.807, 2.05) is 73.1 Å². The van der Waals surface area contributed by atoms with Crippen molar-refractivity contribution in [1.82, 2.24) is 24.7 Å². The summed E-state index contributed by atoms with van der Waals surface area (Å²) in [6.07, 6.45) is 7.57. The summed E-state index contributed by atoms with van der Waals surface area (Å²) >= 11 is 0. The lowest BCUT2D eigenvalue weighted by atomic mass is 9.77. The third-order valence-electron chi connectivity index (χ3n) is 7.54. The standard InChI is InChI=1S/C37H27N5/c1-4-14-29(15-5-1)37(30-16-6-2-7-17-30,31-18-8-3-9-19-31)42-27-32(36(41-42)34-21-11-13-24-39-34)28-22-25-40-35(26-28)33-20-10-12-23-38-33/h1-27H. The summed E-state index contributed by atoms with van der Waals surface area (Å²) in [5.41, 5.74) is 7.72. The van der Waals surface area contributed by atoms with Crippen LogP contribution in [0.2, 0.25) is 0 Å². The minimum Gasteiger partial charge on any atom is -0.255 e. The number of hydrogen-bond acceptors (Lipinski definition) is 4. The van der Waals surface area contributed by atoms with Crippen molar-refractivity contribution in [3.63, 3.8) is 0 Å². The Kier molecular flexibility index (Phi) is 6.66. The summed E-state index contributed by atoms with van der Waals surface area (Å²) < 4.78 is 2.10. The molecule has 0 fully saturated rings. The maximum atomic E-state index is 5.38. The molecule has 4 heterocycles.